The standard InChI is InChI=1S/C47H33N2OP/c50-51(39-21-9-3-10-22-39,40-23-11-4-12-24-40)44-27-15-26-43-46(44)45-41-25-14-13-16-34(41)30-33-42(45)47(48-43)35-28-31-38(32-29-35)49(36-17-5-1-6-18-36)37-19-7-2-8-20-37/h1-33H. The summed E-state index contributed by atoms with van der Waals surface area (Å²) in [5.74, 6) is 0. The van der Waals surface area contributed by atoms with E-state index in [1.165, 1.54) is 0 Å². The number of pyridine rings is 1. The van der Waals surface area contributed by atoms with Gasteiger partial charge >= 0.3 is 0 Å². The third kappa shape index (κ3) is 5.31. The molecule has 51 heavy (non-hydrogen) atoms. The zero-order valence-electron chi connectivity index (χ0n) is 27.8. The summed E-state index contributed by atoms with van der Waals surface area (Å²) in [5.41, 5.74) is 5.96. The summed E-state index contributed by atoms with van der Waals surface area (Å²) in [6.45, 7) is 0. The molecule has 0 unspecified atom stereocenters. The topological polar surface area (TPSA) is 33.2 Å². The summed E-state index contributed by atoms with van der Waals surface area (Å²) in [6, 6.07) is 68.3. The number of aromatic nitrogens is 1. The van der Waals surface area contributed by atoms with Gasteiger partial charge in [-0.1, -0.05) is 158 Å². The zero-order valence-corrected chi connectivity index (χ0v) is 28.7. The number of fused-ring (bicyclic) bond motifs is 5. The van der Waals surface area contributed by atoms with Gasteiger partial charge in [0.05, 0.1) is 11.2 Å². The Morgan fingerprint density at radius 2 is 0.941 bits per heavy atom. The lowest BCUT2D eigenvalue weighted by molar-refractivity contribution is 0.592. The van der Waals surface area contributed by atoms with Crippen molar-refractivity contribution in [1.82, 2.24) is 4.98 Å². The molecule has 9 rings (SSSR count). The van der Waals surface area contributed by atoms with Crippen LogP contribution >= 0.6 is 7.14 Å². The van der Waals surface area contributed by atoms with Crippen molar-refractivity contribution in [3.05, 3.63) is 200 Å². The predicted octanol–water partition coefficient (Wildman–Crippen LogP) is 11.3. The molecule has 1 aromatic heterocycles. The Bertz CT molecular complexity index is 2610. The molecule has 0 amide bonds. The van der Waals surface area contributed by atoms with Crippen LogP contribution in [0.2, 0.25) is 0 Å². The lowest BCUT2D eigenvalue weighted by Gasteiger charge is -2.25. The van der Waals surface area contributed by atoms with Crippen LogP contribution < -0.4 is 20.8 Å². The maximum Gasteiger partial charge on any atom is 0.171 e. The second-order valence-corrected chi connectivity index (χ2v) is 15.4. The first-order valence-electron chi connectivity index (χ1n) is 17.2. The summed E-state index contributed by atoms with van der Waals surface area (Å²) in [7, 11) is -3.31. The summed E-state index contributed by atoms with van der Waals surface area (Å²) in [4.78, 5) is 7.66. The van der Waals surface area contributed by atoms with Crippen molar-refractivity contribution in [3.8, 4) is 11.3 Å². The number of rotatable bonds is 7. The summed E-state index contributed by atoms with van der Waals surface area (Å²) in [5, 5.41) is 7.67. The summed E-state index contributed by atoms with van der Waals surface area (Å²) < 4.78 is 15.9. The van der Waals surface area contributed by atoms with Gasteiger partial charge in [-0.2, -0.15) is 0 Å². The maximum atomic E-state index is 15.9. The monoisotopic (exact) mass is 672 g/mol. The summed E-state index contributed by atoms with van der Waals surface area (Å²) >= 11 is 0. The Hall–Kier alpha value is -6.28. The Balaban J connectivity index is 1.30. The smallest absolute Gasteiger partial charge is 0.171 e. The van der Waals surface area contributed by atoms with Gasteiger partial charge in [-0.3, -0.25) is 0 Å². The van der Waals surface area contributed by atoms with E-state index in [4.69, 9.17) is 4.98 Å². The van der Waals surface area contributed by atoms with Crippen LogP contribution in [0.1, 0.15) is 0 Å². The SMILES string of the molecule is O=P(c1ccccc1)(c1ccccc1)c1cccc2nc(-c3ccc(N(c4ccccc4)c4ccccc4)cc3)c3ccc4ccccc4c3c12. The van der Waals surface area contributed by atoms with Crippen LogP contribution in [0.25, 0.3) is 43.7 Å². The Morgan fingerprint density at radius 3 is 1.55 bits per heavy atom. The Morgan fingerprint density at radius 1 is 0.412 bits per heavy atom. The van der Waals surface area contributed by atoms with Crippen LogP contribution in [-0.2, 0) is 4.57 Å². The van der Waals surface area contributed by atoms with E-state index in [0.29, 0.717) is 0 Å². The molecule has 0 aliphatic carbocycles. The van der Waals surface area contributed by atoms with Crippen LogP contribution in [0.3, 0.4) is 0 Å². The van der Waals surface area contributed by atoms with Crippen molar-refractivity contribution in [3.63, 3.8) is 0 Å². The van der Waals surface area contributed by atoms with Gasteiger partial charge in [0, 0.05) is 54.7 Å². The van der Waals surface area contributed by atoms with E-state index >= 15 is 4.57 Å². The molecule has 242 valence electrons. The average Bonchev–Trinajstić information content (AvgIpc) is 3.21. The first kappa shape index (κ1) is 30.8. The van der Waals surface area contributed by atoms with Crippen molar-refractivity contribution in [2.75, 3.05) is 4.90 Å². The van der Waals surface area contributed by atoms with Crippen LogP contribution in [0.4, 0.5) is 17.1 Å². The minimum atomic E-state index is -3.31. The quantitative estimate of drug-likeness (QED) is 0.125. The minimum absolute atomic E-state index is 0.800. The molecule has 0 bridgehead atoms. The third-order valence-electron chi connectivity index (χ3n) is 9.69. The lowest BCUT2D eigenvalue weighted by Crippen LogP contribution is -2.25. The lowest BCUT2D eigenvalue weighted by atomic mass is 9.95. The zero-order chi connectivity index (χ0) is 34.2. The number of para-hydroxylation sites is 2. The van der Waals surface area contributed by atoms with Crippen molar-refractivity contribution in [2.45, 2.75) is 0 Å². The highest BCUT2D eigenvalue weighted by Gasteiger charge is 2.32. The van der Waals surface area contributed by atoms with Crippen molar-refractivity contribution in [1.29, 1.82) is 0 Å². The molecule has 1 heterocycles. The van der Waals surface area contributed by atoms with Crippen LogP contribution in [0.5, 0.6) is 0 Å². The van der Waals surface area contributed by atoms with Gasteiger partial charge in [-0.25, -0.2) is 4.98 Å². The molecule has 8 aromatic carbocycles. The second kappa shape index (κ2) is 12.9. The van der Waals surface area contributed by atoms with Crippen LogP contribution in [-0.4, -0.2) is 4.98 Å². The fraction of sp³-hybridized carbons (Fsp3) is 0. The molecule has 0 aliphatic heterocycles. The number of hydrogen-bond donors (Lipinski definition) is 0. The third-order valence-corrected chi connectivity index (χ3v) is 12.8. The first-order valence-corrected chi connectivity index (χ1v) is 18.9. The second-order valence-electron chi connectivity index (χ2n) is 12.7. The van der Waals surface area contributed by atoms with Crippen LogP contribution in [0.15, 0.2) is 200 Å². The molecule has 9 aromatic rings. The Kier molecular flexibility index (Phi) is 7.76. The number of benzene rings is 8. The van der Waals surface area contributed by atoms with E-state index in [2.05, 4.69) is 120 Å². The van der Waals surface area contributed by atoms with Gasteiger partial charge < -0.3 is 9.46 Å². The molecule has 4 heteroatoms. The molecule has 3 nitrogen and oxygen atoms in total. The largest absolute Gasteiger partial charge is 0.311 e. The van der Waals surface area contributed by atoms with Gasteiger partial charge in [0.2, 0.25) is 0 Å². The molecule has 0 saturated heterocycles. The van der Waals surface area contributed by atoms with E-state index in [-0.39, 0.29) is 0 Å². The highest BCUT2D eigenvalue weighted by atomic mass is 31.2. The maximum absolute atomic E-state index is 15.9. The first-order chi connectivity index (χ1) is 25.2. The fourth-order valence-electron chi connectivity index (χ4n) is 7.35. The van der Waals surface area contributed by atoms with Gasteiger partial charge in [0.15, 0.2) is 7.14 Å². The average molecular weight is 673 g/mol. The molecule has 0 N–H and O–H groups in total. The molecule has 0 fully saturated rings. The minimum Gasteiger partial charge on any atom is -0.311 e. The van der Waals surface area contributed by atoms with Gasteiger partial charge in [0.1, 0.15) is 0 Å². The Labute approximate surface area is 297 Å². The van der Waals surface area contributed by atoms with E-state index in [9.17, 15) is 0 Å². The molecule has 0 atom stereocenters. The van der Waals surface area contributed by atoms with Crippen molar-refractivity contribution in [2.24, 2.45) is 0 Å². The molecule has 0 saturated carbocycles. The van der Waals surface area contributed by atoms with E-state index < -0.39 is 7.14 Å². The molecule has 0 spiro atoms. The molecular formula is C47H33N2OP. The summed E-state index contributed by atoms with van der Waals surface area (Å²) in [6.07, 6.45) is 0. The normalized spacial score (nSPS) is 11.6. The van der Waals surface area contributed by atoms with E-state index in [1.807, 2.05) is 84.9 Å². The van der Waals surface area contributed by atoms with E-state index in [1.54, 1.807) is 0 Å². The van der Waals surface area contributed by atoms with E-state index in [0.717, 1.165) is 76.7 Å². The van der Waals surface area contributed by atoms with Gasteiger partial charge in [-0.15, -0.1) is 0 Å². The number of hydrogen-bond acceptors (Lipinski definition) is 3. The molecule has 0 radical (unpaired) electrons. The fourth-order valence-corrected chi connectivity index (χ4v) is 10.2. The highest BCUT2D eigenvalue weighted by Crippen LogP contribution is 2.47. The van der Waals surface area contributed by atoms with Gasteiger partial charge in [-0.05, 0) is 53.2 Å². The van der Waals surface area contributed by atoms with Gasteiger partial charge in [0.25, 0.3) is 0 Å². The highest BCUT2D eigenvalue weighted by molar-refractivity contribution is 7.85. The number of anilines is 3. The molecule has 0 aliphatic rings. The van der Waals surface area contributed by atoms with Crippen molar-refractivity contribution >= 4 is 72.6 Å². The molecular weight excluding hydrogens is 640 g/mol. The van der Waals surface area contributed by atoms with Crippen molar-refractivity contribution < 1.29 is 4.57 Å². The predicted molar refractivity (Wildman–Crippen MR) is 216 cm³/mol. The van der Waals surface area contributed by atoms with Crippen LogP contribution in [0, 0.1) is 0 Å². The number of nitrogens with zero attached hydrogens (tertiary/aromatic N) is 2.